The molecule has 0 unspecified atom stereocenters. The minimum atomic E-state index is -0.156. The van der Waals surface area contributed by atoms with Crippen molar-refractivity contribution in [2.24, 2.45) is 11.8 Å². The van der Waals surface area contributed by atoms with Gasteiger partial charge in [0.25, 0.3) is 0 Å². The minimum Gasteiger partial charge on any atom is -0.379 e. The first-order valence-electron chi connectivity index (χ1n) is 13.4. The number of rotatable bonds is 9. The number of hydrogen-bond acceptors (Lipinski definition) is 6. The van der Waals surface area contributed by atoms with Crippen molar-refractivity contribution in [2.75, 3.05) is 62.7 Å². The van der Waals surface area contributed by atoms with E-state index in [1.165, 1.54) is 6.42 Å². The monoisotopic (exact) mass is 495 g/mol. The number of amides is 2. The van der Waals surface area contributed by atoms with Crippen molar-refractivity contribution in [3.63, 3.8) is 0 Å². The summed E-state index contributed by atoms with van der Waals surface area (Å²) in [6.07, 6.45) is 2.52. The first kappa shape index (κ1) is 26.4. The lowest BCUT2D eigenvalue weighted by Crippen LogP contribution is -2.39. The molecular formula is C28H41N5O3. The summed E-state index contributed by atoms with van der Waals surface area (Å²) < 4.78 is 5.35. The van der Waals surface area contributed by atoms with Crippen molar-refractivity contribution in [2.45, 2.75) is 46.5 Å². The number of carbonyl (C=O) groups is 2. The Morgan fingerprint density at radius 3 is 2.53 bits per heavy atom. The molecule has 0 radical (unpaired) electrons. The number of aryl methyl sites for hydroxylation is 1. The molecule has 0 bridgehead atoms. The van der Waals surface area contributed by atoms with E-state index in [1.807, 2.05) is 18.2 Å². The van der Waals surface area contributed by atoms with Crippen LogP contribution in [-0.4, -0.2) is 74.2 Å². The second-order valence-electron chi connectivity index (χ2n) is 10.6. The molecule has 4 rings (SSSR count). The van der Waals surface area contributed by atoms with Gasteiger partial charge in [-0.1, -0.05) is 13.8 Å². The summed E-state index contributed by atoms with van der Waals surface area (Å²) in [4.78, 5) is 34.3. The number of nitrogens with one attached hydrogen (secondary N) is 2. The molecule has 36 heavy (non-hydrogen) atoms. The topological polar surface area (TPSA) is 86.8 Å². The summed E-state index contributed by atoms with van der Waals surface area (Å²) >= 11 is 0. The molecule has 3 heterocycles. The van der Waals surface area contributed by atoms with Crippen LogP contribution >= 0.6 is 0 Å². The molecule has 8 heteroatoms. The van der Waals surface area contributed by atoms with Crippen LogP contribution in [0.25, 0.3) is 10.9 Å². The fourth-order valence-electron chi connectivity index (χ4n) is 5.36. The number of hydrogen-bond donors (Lipinski definition) is 2. The summed E-state index contributed by atoms with van der Waals surface area (Å²) in [6, 6.07) is 8.00. The summed E-state index contributed by atoms with van der Waals surface area (Å²) in [5.41, 5.74) is 2.81. The van der Waals surface area contributed by atoms with Gasteiger partial charge in [0.2, 0.25) is 11.8 Å². The molecule has 0 saturated carbocycles. The van der Waals surface area contributed by atoms with E-state index in [-0.39, 0.29) is 24.7 Å². The quantitative estimate of drug-likeness (QED) is 0.517. The number of aromatic nitrogens is 1. The summed E-state index contributed by atoms with van der Waals surface area (Å²) in [5, 5.41) is 6.90. The molecule has 2 amide bonds. The highest BCUT2D eigenvalue weighted by atomic mass is 16.5. The molecule has 0 spiro atoms. The van der Waals surface area contributed by atoms with Gasteiger partial charge in [0, 0.05) is 56.6 Å². The number of piperidine rings is 1. The third kappa shape index (κ3) is 7.40. The number of anilines is 2. The van der Waals surface area contributed by atoms with E-state index in [4.69, 9.17) is 9.72 Å². The number of carbonyl (C=O) groups excluding carboxylic acids is 2. The molecule has 196 valence electrons. The van der Waals surface area contributed by atoms with Crippen molar-refractivity contribution in [3.8, 4) is 0 Å². The van der Waals surface area contributed by atoms with Crippen LogP contribution in [0.3, 0.4) is 0 Å². The van der Waals surface area contributed by atoms with E-state index in [0.29, 0.717) is 18.4 Å². The van der Waals surface area contributed by atoms with Gasteiger partial charge < -0.3 is 20.3 Å². The van der Waals surface area contributed by atoms with Crippen LogP contribution in [0.15, 0.2) is 24.3 Å². The van der Waals surface area contributed by atoms with E-state index < -0.39 is 0 Å². The smallest absolute Gasteiger partial charge is 0.224 e. The lowest BCUT2D eigenvalue weighted by Gasteiger charge is -2.36. The molecule has 2 saturated heterocycles. The lowest BCUT2D eigenvalue weighted by molar-refractivity contribution is -0.124. The van der Waals surface area contributed by atoms with Crippen molar-refractivity contribution in [1.82, 2.24) is 15.2 Å². The standard InChI is InChI=1S/C28H41N5O3/c1-20-15-21(2)19-33(18-20)26-16-22(3)24-17-23(5-6-25(24)31-26)30-28(35)8-7-27(34)29-9-4-10-32-11-13-36-14-12-32/h5-6,16-17,20-21H,4,7-15,18-19H2,1-3H3,(H,29,34)(H,30,35)/t20-,21+. The SMILES string of the molecule is Cc1cc(N2C[C@H](C)C[C@H](C)C2)nc2ccc(NC(=O)CCC(=O)NCCCN3CCOCC3)cc12. The predicted octanol–water partition coefficient (Wildman–Crippen LogP) is 3.58. The van der Waals surface area contributed by atoms with Crippen LogP contribution in [0.4, 0.5) is 11.5 Å². The highest BCUT2D eigenvalue weighted by molar-refractivity contribution is 5.96. The van der Waals surface area contributed by atoms with E-state index in [9.17, 15) is 9.59 Å². The van der Waals surface area contributed by atoms with Gasteiger partial charge in [-0.2, -0.15) is 0 Å². The van der Waals surface area contributed by atoms with Crippen LogP contribution in [-0.2, 0) is 14.3 Å². The van der Waals surface area contributed by atoms with Crippen LogP contribution in [0.2, 0.25) is 0 Å². The fraction of sp³-hybridized carbons (Fsp3) is 0.607. The largest absolute Gasteiger partial charge is 0.379 e. The Morgan fingerprint density at radius 2 is 1.78 bits per heavy atom. The van der Waals surface area contributed by atoms with Crippen LogP contribution in [0.1, 0.15) is 45.1 Å². The second kappa shape index (κ2) is 12.5. The minimum absolute atomic E-state index is 0.0837. The first-order valence-corrected chi connectivity index (χ1v) is 13.4. The van der Waals surface area contributed by atoms with Crippen LogP contribution < -0.4 is 15.5 Å². The molecule has 1 aromatic heterocycles. The maximum Gasteiger partial charge on any atom is 0.224 e. The Morgan fingerprint density at radius 1 is 1.06 bits per heavy atom. The Hall–Kier alpha value is -2.71. The van der Waals surface area contributed by atoms with Gasteiger partial charge in [-0.25, -0.2) is 4.98 Å². The maximum atomic E-state index is 12.5. The Balaban J connectivity index is 1.24. The van der Waals surface area contributed by atoms with Crippen molar-refractivity contribution in [3.05, 3.63) is 29.8 Å². The highest BCUT2D eigenvalue weighted by Gasteiger charge is 2.23. The number of nitrogens with zero attached hydrogens (tertiary/aromatic N) is 3. The summed E-state index contributed by atoms with van der Waals surface area (Å²) in [6.45, 7) is 13.9. The van der Waals surface area contributed by atoms with Gasteiger partial charge in [-0.05, 0) is 68.0 Å². The lowest BCUT2D eigenvalue weighted by atomic mass is 9.92. The van der Waals surface area contributed by atoms with Crippen molar-refractivity contribution < 1.29 is 14.3 Å². The molecule has 2 aromatic rings. The normalized spacial score (nSPS) is 20.9. The third-order valence-corrected chi connectivity index (χ3v) is 7.13. The zero-order valence-corrected chi connectivity index (χ0v) is 22.0. The van der Waals surface area contributed by atoms with Crippen molar-refractivity contribution in [1.29, 1.82) is 0 Å². The highest BCUT2D eigenvalue weighted by Crippen LogP contribution is 2.29. The molecule has 2 atom stereocenters. The average molecular weight is 496 g/mol. The number of pyridine rings is 1. The molecule has 2 fully saturated rings. The zero-order chi connectivity index (χ0) is 25.5. The summed E-state index contributed by atoms with van der Waals surface area (Å²) in [7, 11) is 0. The summed E-state index contributed by atoms with van der Waals surface area (Å²) in [5.74, 6) is 2.13. The van der Waals surface area contributed by atoms with Crippen LogP contribution in [0, 0.1) is 18.8 Å². The van der Waals surface area contributed by atoms with Gasteiger partial charge in [-0.15, -0.1) is 0 Å². The zero-order valence-electron chi connectivity index (χ0n) is 22.0. The van der Waals surface area contributed by atoms with Crippen LogP contribution in [0.5, 0.6) is 0 Å². The molecule has 0 aliphatic carbocycles. The van der Waals surface area contributed by atoms with Gasteiger partial charge in [-0.3, -0.25) is 14.5 Å². The Labute approximate surface area is 214 Å². The van der Waals surface area contributed by atoms with E-state index in [0.717, 1.165) is 80.3 Å². The van der Waals surface area contributed by atoms with Gasteiger partial charge >= 0.3 is 0 Å². The van der Waals surface area contributed by atoms with E-state index in [2.05, 4.69) is 47.3 Å². The maximum absolute atomic E-state index is 12.5. The Kier molecular flexibility index (Phi) is 9.15. The molecular weight excluding hydrogens is 454 g/mol. The molecule has 8 nitrogen and oxygen atoms in total. The number of benzene rings is 1. The fourth-order valence-corrected chi connectivity index (χ4v) is 5.36. The van der Waals surface area contributed by atoms with E-state index >= 15 is 0 Å². The van der Waals surface area contributed by atoms with Gasteiger partial charge in [0.1, 0.15) is 5.82 Å². The number of morpholine rings is 1. The number of fused-ring (bicyclic) bond motifs is 1. The first-order chi connectivity index (χ1) is 17.4. The Bertz CT molecular complexity index is 1040. The van der Waals surface area contributed by atoms with Gasteiger partial charge in [0.05, 0.1) is 18.7 Å². The third-order valence-electron chi connectivity index (χ3n) is 7.13. The number of ether oxygens (including phenoxy) is 1. The molecule has 2 aliphatic rings. The van der Waals surface area contributed by atoms with Gasteiger partial charge in [0.15, 0.2) is 0 Å². The molecule has 2 N–H and O–H groups in total. The molecule has 2 aliphatic heterocycles. The second-order valence-corrected chi connectivity index (χ2v) is 10.6. The predicted molar refractivity (Wildman–Crippen MR) is 144 cm³/mol. The molecule has 1 aromatic carbocycles. The average Bonchev–Trinajstić information content (AvgIpc) is 2.86. The van der Waals surface area contributed by atoms with Crippen molar-refractivity contribution >= 4 is 34.2 Å². The van der Waals surface area contributed by atoms with E-state index in [1.54, 1.807) is 0 Å².